The number of carbonyl (C=O) groups excluding carboxylic acids is 2. The Morgan fingerprint density at radius 1 is 1.19 bits per heavy atom. The highest BCUT2D eigenvalue weighted by molar-refractivity contribution is 9.10. The number of benzene rings is 1. The summed E-state index contributed by atoms with van der Waals surface area (Å²) in [5, 5.41) is 0. The maximum absolute atomic E-state index is 13.1. The molecule has 0 bridgehead atoms. The summed E-state index contributed by atoms with van der Waals surface area (Å²) >= 11 is 3.37. The number of allylic oxidation sites excluding steroid dienone is 2. The highest BCUT2D eigenvalue weighted by atomic mass is 79.9. The van der Waals surface area contributed by atoms with Crippen molar-refractivity contribution in [3.63, 3.8) is 0 Å². The Morgan fingerprint density at radius 2 is 2.04 bits per heavy atom. The molecule has 1 unspecified atom stereocenters. The van der Waals surface area contributed by atoms with Crippen LogP contribution in [0.15, 0.2) is 58.3 Å². The quantitative estimate of drug-likeness (QED) is 0.730. The smallest absolute Gasteiger partial charge is 0.233 e. The van der Waals surface area contributed by atoms with Crippen molar-refractivity contribution in [2.24, 2.45) is 0 Å². The van der Waals surface area contributed by atoms with E-state index in [9.17, 15) is 9.59 Å². The second-order valence-corrected chi connectivity index (χ2v) is 7.65. The zero-order chi connectivity index (χ0) is 19.0. The standard InChI is InChI=1S/C21H19BrN2O3/c1-27-15-5-2-4-13(10-15)16-11-20(26)24(19-9-8-14(22)12-23-19)17-6-3-7-18(25)21(16)17/h2,4-5,8-10,12,16H,3,6-7,11H2,1H3. The number of ether oxygens (including phenoxy) is 1. The lowest BCUT2D eigenvalue weighted by molar-refractivity contribution is -0.120. The monoisotopic (exact) mass is 426 g/mol. The lowest BCUT2D eigenvalue weighted by Crippen LogP contribution is -2.41. The minimum absolute atomic E-state index is 0.0360. The minimum atomic E-state index is -0.234. The third kappa shape index (κ3) is 3.30. The SMILES string of the molecule is COc1cccc(C2CC(=O)N(c3ccc(Br)cn3)C3=C2C(=O)CCC3)c1. The zero-order valence-electron chi connectivity index (χ0n) is 14.9. The number of anilines is 1. The first kappa shape index (κ1) is 17.9. The van der Waals surface area contributed by atoms with Crippen molar-refractivity contribution >= 4 is 33.4 Å². The fourth-order valence-corrected chi connectivity index (χ4v) is 4.14. The summed E-state index contributed by atoms with van der Waals surface area (Å²) in [6.07, 6.45) is 3.89. The number of amides is 1. The van der Waals surface area contributed by atoms with Gasteiger partial charge in [-0.1, -0.05) is 12.1 Å². The Kier molecular flexibility index (Phi) is 4.83. The van der Waals surface area contributed by atoms with Gasteiger partial charge in [-0.2, -0.15) is 0 Å². The predicted molar refractivity (Wildman–Crippen MR) is 106 cm³/mol. The molecule has 2 heterocycles. The molecular formula is C21H19BrN2O3. The summed E-state index contributed by atoms with van der Waals surface area (Å²) < 4.78 is 6.17. The van der Waals surface area contributed by atoms with Crippen LogP contribution in [0, 0.1) is 0 Å². The third-order valence-electron chi connectivity index (χ3n) is 5.11. The molecule has 2 aromatic rings. The van der Waals surface area contributed by atoms with Gasteiger partial charge in [0.15, 0.2) is 5.78 Å². The van der Waals surface area contributed by atoms with Crippen LogP contribution in [0.5, 0.6) is 5.75 Å². The number of halogens is 1. The van der Waals surface area contributed by atoms with E-state index in [4.69, 9.17) is 4.74 Å². The topological polar surface area (TPSA) is 59.5 Å². The fraction of sp³-hybridized carbons (Fsp3) is 0.286. The van der Waals surface area contributed by atoms with Gasteiger partial charge in [-0.3, -0.25) is 14.5 Å². The van der Waals surface area contributed by atoms with Gasteiger partial charge in [-0.15, -0.1) is 0 Å². The maximum atomic E-state index is 13.1. The Labute approximate surface area is 166 Å². The lowest BCUT2D eigenvalue weighted by atomic mass is 9.77. The minimum Gasteiger partial charge on any atom is -0.497 e. The number of aromatic nitrogens is 1. The highest BCUT2D eigenvalue weighted by Crippen LogP contribution is 2.43. The Balaban J connectivity index is 1.84. The molecule has 0 N–H and O–H groups in total. The average Bonchev–Trinajstić information content (AvgIpc) is 2.68. The molecular weight excluding hydrogens is 408 g/mol. The third-order valence-corrected chi connectivity index (χ3v) is 5.58. The second-order valence-electron chi connectivity index (χ2n) is 6.73. The van der Waals surface area contributed by atoms with Gasteiger partial charge >= 0.3 is 0 Å². The molecule has 1 atom stereocenters. The van der Waals surface area contributed by atoms with E-state index >= 15 is 0 Å². The van der Waals surface area contributed by atoms with Gasteiger partial charge in [0.05, 0.1) is 7.11 Å². The summed E-state index contributed by atoms with van der Waals surface area (Å²) in [7, 11) is 1.61. The molecule has 1 amide bonds. The normalized spacial score (nSPS) is 19.9. The van der Waals surface area contributed by atoms with Crippen LogP contribution in [0.4, 0.5) is 5.82 Å². The van der Waals surface area contributed by atoms with E-state index in [-0.39, 0.29) is 24.0 Å². The molecule has 27 heavy (non-hydrogen) atoms. The van der Waals surface area contributed by atoms with Gasteiger partial charge in [0.1, 0.15) is 11.6 Å². The van der Waals surface area contributed by atoms with Crippen molar-refractivity contribution in [1.82, 2.24) is 4.98 Å². The second kappa shape index (κ2) is 7.27. The molecule has 1 aliphatic heterocycles. The van der Waals surface area contributed by atoms with E-state index in [1.165, 1.54) is 0 Å². The summed E-state index contributed by atoms with van der Waals surface area (Å²) in [5.41, 5.74) is 2.48. The molecule has 4 rings (SSSR count). The van der Waals surface area contributed by atoms with Gasteiger partial charge in [0, 0.05) is 40.7 Å². The first-order chi connectivity index (χ1) is 13.1. The van der Waals surface area contributed by atoms with E-state index < -0.39 is 0 Å². The van der Waals surface area contributed by atoms with Crippen molar-refractivity contribution in [2.45, 2.75) is 31.6 Å². The number of hydrogen-bond acceptors (Lipinski definition) is 4. The highest BCUT2D eigenvalue weighted by Gasteiger charge is 2.40. The first-order valence-electron chi connectivity index (χ1n) is 8.93. The molecule has 5 nitrogen and oxygen atoms in total. The molecule has 0 radical (unpaired) electrons. The summed E-state index contributed by atoms with van der Waals surface area (Å²) in [6.45, 7) is 0. The summed E-state index contributed by atoms with van der Waals surface area (Å²) in [5.74, 6) is 1.14. The van der Waals surface area contributed by atoms with Crippen molar-refractivity contribution in [1.29, 1.82) is 0 Å². The van der Waals surface area contributed by atoms with E-state index in [0.29, 0.717) is 18.7 Å². The van der Waals surface area contributed by atoms with Gasteiger partial charge < -0.3 is 4.74 Å². The van der Waals surface area contributed by atoms with Crippen LogP contribution in [-0.2, 0) is 9.59 Å². The number of ketones is 1. The largest absolute Gasteiger partial charge is 0.497 e. The van der Waals surface area contributed by atoms with Crippen LogP contribution in [-0.4, -0.2) is 23.8 Å². The molecule has 2 aliphatic rings. The van der Waals surface area contributed by atoms with Crippen LogP contribution in [0.3, 0.4) is 0 Å². The molecule has 0 fully saturated rings. The van der Waals surface area contributed by atoms with Gasteiger partial charge in [0.2, 0.25) is 5.91 Å². The molecule has 1 aliphatic carbocycles. The van der Waals surface area contributed by atoms with E-state index in [2.05, 4.69) is 20.9 Å². The van der Waals surface area contributed by atoms with Crippen LogP contribution in [0.25, 0.3) is 0 Å². The van der Waals surface area contributed by atoms with Gasteiger partial charge in [0.25, 0.3) is 0 Å². The number of pyridine rings is 1. The molecule has 0 saturated heterocycles. The van der Waals surface area contributed by atoms with Crippen molar-refractivity contribution in [2.75, 3.05) is 12.0 Å². The molecule has 138 valence electrons. The average molecular weight is 427 g/mol. The number of Topliss-reactive ketones (excluding diaryl/α,β-unsaturated/α-hetero) is 1. The van der Waals surface area contributed by atoms with Gasteiger partial charge in [-0.25, -0.2) is 4.98 Å². The number of carbonyl (C=O) groups is 2. The van der Waals surface area contributed by atoms with Crippen LogP contribution in [0.2, 0.25) is 0 Å². The Morgan fingerprint density at radius 3 is 2.78 bits per heavy atom. The van der Waals surface area contributed by atoms with E-state index in [1.807, 2.05) is 30.3 Å². The Hall–Kier alpha value is -2.47. The maximum Gasteiger partial charge on any atom is 0.233 e. The molecule has 0 saturated carbocycles. The molecule has 1 aromatic carbocycles. The fourth-order valence-electron chi connectivity index (χ4n) is 3.90. The zero-order valence-corrected chi connectivity index (χ0v) is 16.5. The lowest BCUT2D eigenvalue weighted by Gasteiger charge is -2.37. The van der Waals surface area contributed by atoms with E-state index in [0.717, 1.165) is 33.5 Å². The molecule has 1 aromatic heterocycles. The Bertz CT molecular complexity index is 937. The van der Waals surface area contributed by atoms with Gasteiger partial charge in [-0.05, 0) is 58.6 Å². The van der Waals surface area contributed by atoms with Crippen molar-refractivity contribution in [3.05, 3.63) is 63.9 Å². The molecule has 0 spiro atoms. The summed E-state index contributed by atoms with van der Waals surface area (Å²) in [6, 6.07) is 11.3. The van der Waals surface area contributed by atoms with Crippen LogP contribution in [0.1, 0.15) is 37.2 Å². The van der Waals surface area contributed by atoms with Crippen molar-refractivity contribution in [3.8, 4) is 5.75 Å². The first-order valence-corrected chi connectivity index (χ1v) is 9.72. The summed E-state index contributed by atoms with van der Waals surface area (Å²) in [4.78, 5) is 31.9. The van der Waals surface area contributed by atoms with Crippen LogP contribution >= 0.6 is 15.9 Å². The number of methoxy groups -OCH3 is 1. The van der Waals surface area contributed by atoms with Crippen molar-refractivity contribution < 1.29 is 14.3 Å². The predicted octanol–water partition coefficient (Wildman–Crippen LogP) is 4.38. The van der Waals surface area contributed by atoms with E-state index in [1.54, 1.807) is 24.3 Å². The number of nitrogens with zero attached hydrogens (tertiary/aromatic N) is 2. The number of hydrogen-bond donors (Lipinski definition) is 0. The molecule has 6 heteroatoms. The van der Waals surface area contributed by atoms with Crippen LogP contribution < -0.4 is 9.64 Å². The number of rotatable bonds is 3.